The normalized spacial score (nSPS) is 44.9. The van der Waals surface area contributed by atoms with Crippen molar-refractivity contribution in [3.8, 4) is 0 Å². The van der Waals surface area contributed by atoms with Crippen LogP contribution in [-0.4, -0.2) is 57.3 Å². The SMILES string of the molecule is CC(C)(C)C(=O)OC1CC(=O)C=C2CC[C@@H]3[C@H]([C@@H](O)C[C@@]4(C)[C@H]3CC[C@]4(O)C(=O)CO)[C@]21C. The van der Waals surface area contributed by atoms with Gasteiger partial charge >= 0.3 is 5.97 Å². The predicted molar refractivity (Wildman–Crippen MR) is 120 cm³/mol. The number of ether oxygens (including phenoxy) is 1. The van der Waals surface area contributed by atoms with Crippen LogP contribution in [-0.2, 0) is 19.1 Å². The number of esters is 1. The van der Waals surface area contributed by atoms with Crippen molar-refractivity contribution >= 4 is 17.5 Å². The van der Waals surface area contributed by atoms with Crippen LogP contribution in [0.2, 0.25) is 0 Å². The molecule has 0 radical (unpaired) electrons. The van der Waals surface area contributed by atoms with Crippen molar-refractivity contribution in [2.75, 3.05) is 6.61 Å². The van der Waals surface area contributed by atoms with Gasteiger partial charge in [-0.3, -0.25) is 14.4 Å². The minimum Gasteiger partial charge on any atom is -0.461 e. The molecule has 0 aromatic rings. The van der Waals surface area contributed by atoms with E-state index in [0.29, 0.717) is 12.8 Å². The molecule has 4 aliphatic carbocycles. The molecular formula is C26H38O7. The average molecular weight is 463 g/mol. The van der Waals surface area contributed by atoms with Gasteiger partial charge in [-0.1, -0.05) is 19.4 Å². The van der Waals surface area contributed by atoms with Gasteiger partial charge in [-0.2, -0.15) is 0 Å². The van der Waals surface area contributed by atoms with E-state index in [-0.39, 0.29) is 48.8 Å². The van der Waals surface area contributed by atoms with Crippen LogP contribution >= 0.6 is 0 Å². The first-order valence-electron chi connectivity index (χ1n) is 12.2. The molecule has 184 valence electrons. The Morgan fingerprint density at radius 3 is 2.48 bits per heavy atom. The van der Waals surface area contributed by atoms with Crippen LogP contribution in [0.5, 0.6) is 0 Å². The Balaban J connectivity index is 1.74. The molecule has 0 aliphatic heterocycles. The van der Waals surface area contributed by atoms with Crippen molar-refractivity contribution in [3.05, 3.63) is 11.6 Å². The second-order valence-electron chi connectivity index (χ2n) is 12.3. The molecule has 3 saturated carbocycles. The summed E-state index contributed by atoms with van der Waals surface area (Å²) in [5, 5.41) is 32.4. The summed E-state index contributed by atoms with van der Waals surface area (Å²) in [4.78, 5) is 37.9. The first-order valence-corrected chi connectivity index (χ1v) is 12.2. The maximum absolute atomic E-state index is 12.8. The maximum Gasteiger partial charge on any atom is 0.311 e. The van der Waals surface area contributed by atoms with Crippen molar-refractivity contribution in [1.82, 2.24) is 0 Å². The quantitative estimate of drug-likeness (QED) is 0.551. The van der Waals surface area contributed by atoms with Crippen molar-refractivity contribution in [2.24, 2.45) is 34.0 Å². The minimum atomic E-state index is -1.66. The Morgan fingerprint density at radius 1 is 1.21 bits per heavy atom. The van der Waals surface area contributed by atoms with Gasteiger partial charge in [0.2, 0.25) is 0 Å². The fourth-order valence-corrected chi connectivity index (χ4v) is 7.77. The van der Waals surface area contributed by atoms with Crippen LogP contribution in [0.25, 0.3) is 0 Å². The molecule has 3 fully saturated rings. The van der Waals surface area contributed by atoms with E-state index in [2.05, 4.69) is 0 Å². The van der Waals surface area contributed by atoms with Crippen LogP contribution in [0.1, 0.15) is 73.1 Å². The lowest BCUT2D eigenvalue weighted by Crippen LogP contribution is -2.64. The Hall–Kier alpha value is -1.57. The third-order valence-electron chi connectivity index (χ3n) is 9.59. The summed E-state index contributed by atoms with van der Waals surface area (Å²) in [6, 6.07) is 0. The van der Waals surface area contributed by atoms with E-state index in [1.165, 1.54) is 0 Å². The van der Waals surface area contributed by atoms with Crippen molar-refractivity contribution in [1.29, 1.82) is 0 Å². The van der Waals surface area contributed by atoms with Gasteiger partial charge in [0, 0.05) is 23.2 Å². The Labute approximate surface area is 195 Å². The van der Waals surface area contributed by atoms with Gasteiger partial charge in [0.15, 0.2) is 11.6 Å². The van der Waals surface area contributed by atoms with E-state index in [4.69, 9.17) is 4.74 Å². The zero-order chi connectivity index (χ0) is 24.6. The monoisotopic (exact) mass is 462 g/mol. The maximum atomic E-state index is 12.8. The van der Waals surface area contributed by atoms with E-state index in [0.717, 1.165) is 12.0 Å². The smallest absolute Gasteiger partial charge is 0.311 e. The van der Waals surface area contributed by atoms with Crippen LogP contribution in [0.4, 0.5) is 0 Å². The van der Waals surface area contributed by atoms with Gasteiger partial charge in [0.25, 0.3) is 0 Å². The number of ketones is 2. The molecule has 33 heavy (non-hydrogen) atoms. The molecule has 1 unspecified atom stereocenters. The number of aliphatic hydroxyl groups excluding tert-OH is 2. The average Bonchev–Trinajstić information content (AvgIpc) is 2.98. The minimum absolute atomic E-state index is 0.00505. The highest BCUT2D eigenvalue weighted by atomic mass is 16.5. The Bertz CT molecular complexity index is 901. The largest absolute Gasteiger partial charge is 0.461 e. The second-order valence-corrected chi connectivity index (χ2v) is 12.3. The molecule has 0 aromatic heterocycles. The lowest BCUT2D eigenvalue weighted by Gasteiger charge is -2.61. The zero-order valence-corrected chi connectivity index (χ0v) is 20.4. The fraction of sp³-hybridized carbons (Fsp3) is 0.808. The van der Waals surface area contributed by atoms with Crippen LogP contribution in [0, 0.1) is 34.0 Å². The third-order valence-corrected chi connectivity index (χ3v) is 9.59. The van der Waals surface area contributed by atoms with Crippen LogP contribution in [0.15, 0.2) is 11.6 Å². The Morgan fingerprint density at radius 2 is 1.88 bits per heavy atom. The molecular weight excluding hydrogens is 424 g/mol. The highest BCUT2D eigenvalue weighted by molar-refractivity contribution is 5.93. The van der Waals surface area contributed by atoms with Gasteiger partial charge in [-0.05, 0) is 70.8 Å². The van der Waals surface area contributed by atoms with Gasteiger partial charge < -0.3 is 20.1 Å². The number of Topliss-reactive ketones (excluding diaryl/α,β-unsaturated/α-hetero) is 1. The summed E-state index contributed by atoms with van der Waals surface area (Å²) in [5.41, 5.74) is -2.98. The predicted octanol–water partition coefficient (Wildman–Crippen LogP) is 2.35. The number of rotatable bonds is 3. The first-order chi connectivity index (χ1) is 15.2. The lowest BCUT2D eigenvalue weighted by molar-refractivity contribution is -0.200. The molecule has 0 heterocycles. The van der Waals surface area contributed by atoms with Gasteiger partial charge in [-0.25, -0.2) is 0 Å². The summed E-state index contributed by atoms with van der Waals surface area (Å²) in [5.74, 6) is -1.28. The molecule has 4 rings (SSSR count). The highest BCUT2D eigenvalue weighted by Crippen LogP contribution is 2.67. The van der Waals surface area contributed by atoms with Crippen molar-refractivity contribution in [3.63, 3.8) is 0 Å². The van der Waals surface area contributed by atoms with E-state index in [1.807, 2.05) is 13.8 Å². The molecule has 0 amide bonds. The van der Waals surface area contributed by atoms with E-state index >= 15 is 0 Å². The van der Waals surface area contributed by atoms with Gasteiger partial charge in [0.1, 0.15) is 18.3 Å². The Kier molecular flexibility index (Phi) is 5.74. The summed E-state index contributed by atoms with van der Waals surface area (Å²) in [6.45, 7) is 8.49. The molecule has 7 nitrogen and oxygen atoms in total. The molecule has 0 saturated heterocycles. The molecule has 3 N–H and O–H groups in total. The molecule has 0 bridgehead atoms. The lowest BCUT2D eigenvalue weighted by atomic mass is 9.44. The fourth-order valence-electron chi connectivity index (χ4n) is 7.77. The van der Waals surface area contributed by atoms with Crippen LogP contribution in [0.3, 0.4) is 0 Å². The number of carbonyl (C=O) groups is 3. The van der Waals surface area contributed by atoms with Crippen molar-refractivity contribution < 1.29 is 34.4 Å². The third kappa shape index (κ3) is 3.37. The van der Waals surface area contributed by atoms with Crippen LogP contribution < -0.4 is 0 Å². The standard InChI is InChI=1S/C26H38O7/c1-23(2,3)22(31)33-20-11-15(28)10-14-6-7-16-17-8-9-26(32,19(30)13-27)24(17,4)12-18(29)21(16)25(14,20)5/h10,16-18,20-21,27,29,32H,6-9,11-13H2,1-5H3/t16-,17-,18-,20?,21+,24-,25+,26-/m0/s1. The van der Waals surface area contributed by atoms with Gasteiger partial charge in [0.05, 0.1) is 11.5 Å². The molecule has 7 heteroatoms. The zero-order valence-electron chi connectivity index (χ0n) is 20.4. The summed E-state index contributed by atoms with van der Waals surface area (Å²) in [6.07, 6.45) is 2.77. The van der Waals surface area contributed by atoms with Gasteiger partial charge in [-0.15, -0.1) is 0 Å². The molecule has 4 aliphatic rings. The molecule has 8 atom stereocenters. The van der Waals surface area contributed by atoms with E-state index < -0.39 is 46.4 Å². The number of hydrogen-bond donors (Lipinski definition) is 3. The summed E-state index contributed by atoms with van der Waals surface area (Å²) < 4.78 is 5.98. The molecule has 0 aromatic carbocycles. The summed E-state index contributed by atoms with van der Waals surface area (Å²) in [7, 11) is 0. The second kappa shape index (κ2) is 7.72. The number of carbonyl (C=O) groups excluding carboxylic acids is 3. The first kappa shape index (κ1) is 24.6. The van der Waals surface area contributed by atoms with Crippen molar-refractivity contribution in [2.45, 2.75) is 91.0 Å². The number of hydrogen-bond acceptors (Lipinski definition) is 7. The highest BCUT2D eigenvalue weighted by Gasteiger charge is 2.69. The molecule has 0 spiro atoms. The summed E-state index contributed by atoms with van der Waals surface area (Å²) >= 11 is 0. The van der Waals surface area contributed by atoms with E-state index in [9.17, 15) is 29.7 Å². The number of fused-ring (bicyclic) bond motifs is 5. The van der Waals surface area contributed by atoms with E-state index in [1.54, 1.807) is 26.8 Å². The topological polar surface area (TPSA) is 121 Å². The number of aliphatic hydroxyl groups is 3.